The second kappa shape index (κ2) is 7.68. The van der Waals surface area contributed by atoms with Gasteiger partial charge in [0.05, 0.1) is 18.9 Å². The van der Waals surface area contributed by atoms with Gasteiger partial charge in [-0.05, 0) is 30.3 Å². The number of thioether (sulfide) groups is 1. The predicted octanol–water partition coefficient (Wildman–Crippen LogP) is 2.85. The van der Waals surface area contributed by atoms with Gasteiger partial charge in [0.2, 0.25) is 0 Å². The second-order valence-corrected chi connectivity index (χ2v) is 7.85. The van der Waals surface area contributed by atoms with Crippen LogP contribution in [0.5, 0.6) is 0 Å². The van der Waals surface area contributed by atoms with Crippen LogP contribution >= 0.6 is 11.8 Å². The Morgan fingerprint density at radius 2 is 2.17 bits per heavy atom. The predicted molar refractivity (Wildman–Crippen MR) is 104 cm³/mol. The minimum Gasteiger partial charge on any atom is -0.379 e. The summed E-state index contributed by atoms with van der Waals surface area (Å²) in [6, 6.07) is 6.39. The molecule has 0 unspecified atom stereocenters. The standard InChI is InChI=1S/C19H17F3N4O2S/c20-6-16-13-8-29-18(23)26-19(13,9-28-16)12-5-11(2-3-14(12)22)25-17(27)15-4-1-10(21)7-24-15/h1-5,7,13,16H,6,8-9H2,(H2,23,26)(H,25,27)/t13-,16-,19-/m1/s1. The van der Waals surface area contributed by atoms with Crippen molar-refractivity contribution in [2.45, 2.75) is 11.6 Å². The molecule has 4 rings (SSSR count). The van der Waals surface area contributed by atoms with Gasteiger partial charge in [0.1, 0.15) is 29.5 Å². The molecule has 1 saturated heterocycles. The van der Waals surface area contributed by atoms with E-state index in [1.54, 1.807) is 0 Å². The van der Waals surface area contributed by atoms with Crippen LogP contribution in [-0.4, -0.2) is 41.2 Å². The second-order valence-electron chi connectivity index (χ2n) is 6.81. The molecule has 0 radical (unpaired) electrons. The summed E-state index contributed by atoms with van der Waals surface area (Å²) >= 11 is 1.28. The molecule has 3 N–H and O–H groups in total. The summed E-state index contributed by atoms with van der Waals surface area (Å²) in [4.78, 5) is 20.5. The molecule has 0 bridgehead atoms. The molecule has 1 aromatic carbocycles. The molecule has 1 amide bonds. The maximum absolute atomic E-state index is 14.8. The highest BCUT2D eigenvalue weighted by molar-refractivity contribution is 8.13. The molecule has 2 aliphatic rings. The van der Waals surface area contributed by atoms with Crippen LogP contribution in [0.2, 0.25) is 0 Å². The summed E-state index contributed by atoms with van der Waals surface area (Å²) < 4.78 is 46.8. The third kappa shape index (κ3) is 3.58. The first-order valence-corrected chi connectivity index (χ1v) is 9.80. The Morgan fingerprint density at radius 1 is 1.34 bits per heavy atom. The van der Waals surface area contributed by atoms with Crippen LogP contribution in [0.3, 0.4) is 0 Å². The van der Waals surface area contributed by atoms with Gasteiger partial charge in [0.25, 0.3) is 5.91 Å². The van der Waals surface area contributed by atoms with Crippen LogP contribution in [-0.2, 0) is 10.3 Å². The van der Waals surface area contributed by atoms with Crippen molar-refractivity contribution in [1.82, 2.24) is 4.98 Å². The number of nitrogens with two attached hydrogens (primary N) is 1. The lowest BCUT2D eigenvalue weighted by atomic mass is 9.79. The van der Waals surface area contributed by atoms with Crippen molar-refractivity contribution >= 4 is 28.5 Å². The molecule has 29 heavy (non-hydrogen) atoms. The normalized spacial score (nSPS) is 26.0. The van der Waals surface area contributed by atoms with Gasteiger partial charge < -0.3 is 15.8 Å². The molecule has 1 aromatic heterocycles. The van der Waals surface area contributed by atoms with Crippen LogP contribution < -0.4 is 11.1 Å². The van der Waals surface area contributed by atoms with E-state index in [4.69, 9.17) is 10.5 Å². The molecule has 3 atom stereocenters. The van der Waals surface area contributed by atoms with Crippen molar-refractivity contribution in [3.63, 3.8) is 0 Å². The third-order valence-corrected chi connectivity index (χ3v) is 6.02. The molecule has 152 valence electrons. The fourth-order valence-electron chi connectivity index (χ4n) is 3.66. The highest BCUT2D eigenvalue weighted by atomic mass is 32.2. The summed E-state index contributed by atoms with van der Waals surface area (Å²) in [6.07, 6.45) is 0.221. The number of hydrogen-bond donors (Lipinski definition) is 2. The van der Waals surface area contributed by atoms with Crippen LogP contribution in [0.25, 0.3) is 0 Å². The zero-order valence-electron chi connectivity index (χ0n) is 15.1. The number of carbonyl (C=O) groups excluding carboxylic acids is 1. The molecule has 1 fully saturated rings. The fraction of sp³-hybridized carbons (Fsp3) is 0.316. The number of anilines is 1. The van der Waals surface area contributed by atoms with E-state index in [-0.39, 0.29) is 23.0 Å². The van der Waals surface area contributed by atoms with Crippen molar-refractivity contribution in [3.8, 4) is 0 Å². The Bertz CT molecular complexity index is 972. The minimum absolute atomic E-state index is 0.00587. The van der Waals surface area contributed by atoms with Gasteiger partial charge in [0.15, 0.2) is 5.17 Å². The Balaban J connectivity index is 1.68. The number of amidine groups is 1. The van der Waals surface area contributed by atoms with E-state index in [0.29, 0.717) is 11.4 Å². The number of ether oxygens (including phenoxy) is 1. The van der Waals surface area contributed by atoms with Crippen molar-refractivity contribution in [3.05, 3.63) is 59.4 Å². The molecule has 2 aliphatic heterocycles. The van der Waals surface area contributed by atoms with Gasteiger partial charge in [0, 0.05) is 22.9 Å². The molecule has 10 heteroatoms. The summed E-state index contributed by atoms with van der Waals surface area (Å²) in [6.45, 7) is -0.724. The van der Waals surface area contributed by atoms with Gasteiger partial charge in [-0.1, -0.05) is 11.8 Å². The van der Waals surface area contributed by atoms with Crippen molar-refractivity contribution < 1.29 is 22.7 Å². The fourth-order valence-corrected chi connectivity index (χ4v) is 4.73. The zero-order valence-corrected chi connectivity index (χ0v) is 15.9. The number of nitrogens with zero attached hydrogens (tertiary/aromatic N) is 2. The molecule has 0 spiro atoms. The van der Waals surface area contributed by atoms with E-state index in [2.05, 4.69) is 15.3 Å². The lowest BCUT2D eigenvalue weighted by Gasteiger charge is -2.35. The van der Waals surface area contributed by atoms with E-state index in [0.717, 1.165) is 12.3 Å². The van der Waals surface area contributed by atoms with Crippen molar-refractivity contribution in [1.29, 1.82) is 0 Å². The number of nitrogens with one attached hydrogen (secondary N) is 1. The van der Waals surface area contributed by atoms with Gasteiger partial charge >= 0.3 is 0 Å². The average Bonchev–Trinajstić information content (AvgIpc) is 3.08. The highest BCUT2D eigenvalue weighted by Gasteiger charge is 2.54. The van der Waals surface area contributed by atoms with Crippen LogP contribution in [0.1, 0.15) is 16.1 Å². The van der Waals surface area contributed by atoms with E-state index >= 15 is 0 Å². The third-order valence-electron chi connectivity index (χ3n) is 5.10. The van der Waals surface area contributed by atoms with Crippen LogP contribution in [0, 0.1) is 17.6 Å². The largest absolute Gasteiger partial charge is 0.379 e. The number of aromatic nitrogens is 1. The lowest BCUT2D eigenvalue weighted by Crippen LogP contribution is -2.42. The maximum atomic E-state index is 14.8. The highest BCUT2D eigenvalue weighted by Crippen LogP contribution is 2.48. The summed E-state index contributed by atoms with van der Waals surface area (Å²) in [5.41, 5.74) is 5.20. The van der Waals surface area contributed by atoms with Gasteiger partial charge in [-0.2, -0.15) is 0 Å². The van der Waals surface area contributed by atoms with E-state index in [1.165, 1.54) is 36.0 Å². The van der Waals surface area contributed by atoms with E-state index in [9.17, 15) is 18.0 Å². The first kappa shape index (κ1) is 19.7. The monoisotopic (exact) mass is 422 g/mol. The first-order chi connectivity index (χ1) is 13.9. The van der Waals surface area contributed by atoms with Crippen LogP contribution in [0.15, 0.2) is 41.5 Å². The number of amides is 1. The Labute approximate surface area is 168 Å². The molecule has 2 aromatic rings. The van der Waals surface area contributed by atoms with Crippen LogP contribution in [0.4, 0.5) is 18.9 Å². The molecule has 0 aliphatic carbocycles. The van der Waals surface area contributed by atoms with E-state index in [1.807, 2.05) is 0 Å². The summed E-state index contributed by atoms with van der Waals surface area (Å²) in [5.74, 6) is -1.66. The number of pyridine rings is 1. The molecular formula is C19H17F3N4O2S. The summed E-state index contributed by atoms with van der Waals surface area (Å²) in [7, 11) is 0. The molecular weight excluding hydrogens is 405 g/mol. The molecule has 6 nitrogen and oxygen atoms in total. The quantitative estimate of drug-likeness (QED) is 0.791. The number of benzene rings is 1. The molecule has 3 heterocycles. The van der Waals surface area contributed by atoms with Gasteiger partial charge in [-0.15, -0.1) is 0 Å². The van der Waals surface area contributed by atoms with E-state index < -0.39 is 41.8 Å². The van der Waals surface area contributed by atoms with Crippen molar-refractivity contribution in [2.75, 3.05) is 24.4 Å². The number of rotatable bonds is 4. The Hall–Kier alpha value is -2.59. The smallest absolute Gasteiger partial charge is 0.274 e. The number of halogens is 3. The average molecular weight is 422 g/mol. The number of carbonyl (C=O) groups is 1. The molecule has 0 saturated carbocycles. The van der Waals surface area contributed by atoms with Gasteiger partial charge in [-0.25, -0.2) is 23.1 Å². The number of fused-ring (bicyclic) bond motifs is 1. The number of aliphatic imine (C=N–C) groups is 1. The Kier molecular flexibility index (Phi) is 5.22. The first-order valence-electron chi connectivity index (χ1n) is 8.81. The summed E-state index contributed by atoms with van der Waals surface area (Å²) in [5, 5.41) is 2.88. The Morgan fingerprint density at radius 3 is 2.90 bits per heavy atom. The number of hydrogen-bond acceptors (Lipinski definition) is 6. The number of alkyl halides is 1. The lowest BCUT2D eigenvalue weighted by molar-refractivity contribution is 0.0721. The van der Waals surface area contributed by atoms with Crippen molar-refractivity contribution in [2.24, 2.45) is 16.6 Å². The minimum atomic E-state index is -1.16. The van der Waals surface area contributed by atoms with Gasteiger partial charge in [-0.3, -0.25) is 4.79 Å². The maximum Gasteiger partial charge on any atom is 0.274 e. The topological polar surface area (TPSA) is 89.6 Å². The zero-order chi connectivity index (χ0) is 20.6. The SMILES string of the molecule is NC1=N[C@@]2(c3cc(NC(=O)c4ccc(F)cn4)ccc3F)CO[C@H](CF)[C@H]2CS1.